The van der Waals surface area contributed by atoms with Gasteiger partial charge in [-0.05, 0) is 37.6 Å². The van der Waals surface area contributed by atoms with Crippen LogP contribution in [-0.2, 0) is 7.05 Å². The van der Waals surface area contributed by atoms with Crippen LogP contribution in [0.25, 0.3) is 0 Å². The van der Waals surface area contributed by atoms with Gasteiger partial charge in [0, 0.05) is 17.6 Å². The van der Waals surface area contributed by atoms with Crippen molar-refractivity contribution >= 4 is 17.4 Å². The fraction of sp³-hybridized carbons (Fsp3) is 0.250. The molecule has 2 N–H and O–H groups in total. The average Bonchev–Trinajstić information content (AvgIpc) is 2.51. The molecule has 2 aromatic rings. The SMILES string of the molecule is Cc1ccc(N)c(Sc2cc(C)nn2C)c1. The van der Waals surface area contributed by atoms with E-state index in [1.807, 2.05) is 30.8 Å². The Morgan fingerprint density at radius 1 is 1.25 bits per heavy atom. The van der Waals surface area contributed by atoms with Crippen LogP contribution in [0.15, 0.2) is 34.2 Å². The second-order valence-corrected chi connectivity index (χ2v) is 4.95. The van der Waals surface area contributed by atoms with Gasteiger partial charge in [-0.3, -0.25) is 4.68 Å². The highest BCUT2D eigenvalue weighted by Gasteiger charge is 2.07. The van der Waals surface area contributed by atoms with E-state index in [0.29, 0.717) is 0 Å². The molecule has 0 aliphatic heterocycles. The molecule has 0 bridgehead atoms. The Kier molecular flexibility index (Phi) is 2.92. The van der Waals surface area contributed by atoms with E-state index in [-0.39, 0.29) is 0 Å². The monoisotopic (exact) mass is 233 g/mol. The molecule has 0 atom stereocenters. The normalized spacial score (nSPS) is 10.7. The van der Waals surface area contributed by atoms with Gasteiger partial charge in [-0.1, -0.05) is 17.8 Å². The first kappa shape index (κ1) is 11.1. The lowest BCUT2D eigenvalue weighted by Gasteiger charge is -2.06. The zero-order valence-electron chi connectivity index (χ0n) is 9.69. The molecule has 1 heterocycles. The largest absolute Gasteiger partial charge is 0.398 e. The van der Waals surface area contributed by atoms with Crippen molar-refractivity contribution in [2.75, 3.05) is 5.73 Å². The van der Waals surface area contributed by atoms with Gasteiger partial charge >= 0.3 is 0 Å². The Morgan fingerprint density at radius 3 is 2.62 bits per heavy atom. The summed E-state index contributed by atoms with van der Waals surface area (Å²) in [5.41, 5.74) is 9.00. The standard InChI is InChI=1S/C12H15N3S/c1-8-4-5-10(13)11(6-8)16-12-7-9(2)14-15(12)3/h4-7H,13H2,1-3H3. The molecule has 0 saturated heterocycles. The Morgan fingerprint density at radius 2 is 2.00 bits per heavy atom. The van der Waals surface area contributed by atoms with Crippen LogP contribution in [0, 0.1) is 13.8 Å². The van der Waals surface area contributed by atoms with Gasteiger partial charge in [0.05, 0.1) is 10.7 Å². The fourth-order valence-corrected chi connectivity index (χ4v) is 2.58. The highest BCUT2D eigenvalue weighted by molar-refractivity contribution is 7.99. The minimum atomic E-state index is 0.814. The number of anilines is 1. The van der Waals surface area contributed by atoms with Crippen LogP contribution >= 0.6 is 11.8 Å². The molecule has 1 aromatic carbocycles. The van der Waals surface area contributed by atoms with Crippen molar-refractivity contribution in [2.45, 2.75) is 23.8 Å². The minimum Gasteiger partial charge on any atom is -0.398 e. The maximum Gasteiger partial charge on any atom is 0.0987 e. The highest BCUT2D eigenvalue weighted by Crippen LogP contribution is 2.32. The maximum atomic E-state index is 5.94. The molecule has 3 nitrogen and oxygen atoms in total. The van der Waals surface area contributed by atoms with E-state index >= 15 is 0 Å². The highest BCUT2D eigenvalue weighted by atomic mass is 32.2. The van der Waals surface area contributed by atoms with Crippen LogP contribution < -0.4 is 5.73 Å². The van der Waals surface area contributed by atoms with Gasteiger partial charge in [0.25, 0.3) is 0 Å². The molecule has 1 aromatic heterocycles. The van der Waals surface area contributed by atoms with E-state index in [0.717, 1.165) is 21.3 Å². The first-order chi connectivity index (χ1) is 7.56. The summed E-state index contributed by atoms with van der Waals surface area (Å²) in [6.07, 6.45) is 0. The number of aromatic nitrogens is 2. The van der Waals surface area contributed by atoms with E-state index < -0.39 is 0 Å². The molecular weight excluding hydrogens is 218 g/mol. The maximum absolute atomic E-state index is 5.94. The lowest BCUT2D eigenvalue weighted by atomic mass is 10.2. The molecule has 16 heavy (non-hydrogen) atoms. The van der Waals surface area contributed by atoms with E-state index in [9.17, 15) is 0 Å². The lowest BCUT2D eigenvalue weighted by molar-refractivity contribution is 0.692. The number of rotatable bonds is 2. The zero-order valence-corrected chi connectivity index (χ0v) is 10.5. The Hall–Kier alpha value is -1.42. The van der Waals surface area contributed by atoms with Crippen LogP contribution in [0.2, 0.25) is 0 Å². The first-order valence-electron chi connectivity index (χ1n) is 5.11. The zero-order chi connectivity index (χ0) is 11.7. The van der Waals surface area contributed by atoms with Gasteiger partial charge in [-0.15, -0.1) is 0 Å². The number of aryl methyl sites for hydroxylation is 3. The molecule has 4 heteroatoms. The number of hydrogen-bond acceptors (Lipinski definition) is 3. The molecular formula is C12H15N3S. The number of hydrogen-bond donors (Lipinski definition) is 1. The Balaban J connectivity index is 2.33. The average molecular weight is 233 g/mol. The molecule has 84 valence electrons. The predicted octanol–water partition coefficient (Wildman–Crippen LogP) is 2.77. The van der Waals surface area contributed by atoms with Crippen molar-refractivity contribution in [1.82, 2.24) is 9.78 Å². The number of benzene rings is 1. The summed E-state index contributed by atoms with van der Waals surface area (Å²) in [6.45, 7) is 4.06. The smallest absolute Gasteiger partial charge is 0.0987 e. The quantitative estimate of drug-likeness (QED) is 0.811. The van der Waals surface area contributed by atoms with Crippen LogP contribution in [-0.4, -0.2) is 9.78 Å². The van der Waals surface area contributed by atoms with Crippen molar-refractivity contribution in [3.8, 4) is 0 Å². The molecule has 0 aliphatic carbocycles. The van der Waals surface area contributed by atoms with Gasteiger partial charge in [0.2, 0.25) is 0 Å². The van der Waals surface area contributed by atoms with Gasteiger partial charge in [0.15, 0.2) is 0 Å². The molecule has 0 spiro atoms. The molecule has 0 amide bonds. The second-order valence-electron chi connectivity index (χ2n) is 3.89. The van der Waals surface area contributed by atoms with Crippen LogP contribution in [0.1, 0.15) is 11.3 Å². The molecule has 0 unspecified atom stereocenters. The summed E-state index contributed by atoms with van der Waals surface area (Å²) < 4.78 is 1.88. The lowest BCUT2D eigenvalue weighted by Crippen LogP contribution is -1.94. The third-order valence-electron chi connectivity index (χ3n) is 2.34. The van der Waals surface area contributed by atoms with E-state index in [4.69, 9.17) is 5.73 Å². The van der Waals surface area contributed by atoms with Crippen molar-refractivity contribution in [1.29, 1.82) is 0 Å². The van der Waals surface area contributed by atoms with Gasteiger partial charge in [0.1, 0.15) is 0 Å². The summed E-state index contributed by atoms with van der Waals surface area (Å²) in [4.78, 5) is 1.09. The molecule has 0 radical (unpaired) electrons. The third kappa shape index (κ3) is 2.22. The summed E-state index contributed by atoms with van der Waals surface area (Å²) in [5.74, 6) is 0. The van der Waals surface area contributed by atoms with E-state index in [1.165, 1.54) is 5.56 Å². The molecule has 0 saturated carbocycles. The van der Waals surface area contributed by atoms with Crippen LogP contribution in [0.5, 0.6) is 0 Å². The minimum absolute atomic E-state index is 0.814. The Labute approximate surface area is 99.7 Å². The van der Waals surface area contributed by atoms with E-state index in [2.05, 4.69) is 24.2 Å². The van der Waals surface area contributed by atoms with Gasteiger partial charge in [-0.25, -0.2) is 0 Å². The number of nitrogens with two attached hydrogens (primary N) is 1. The van der Waals surface area contributed by atoms with Crippen molar-refractivity contribution in [2.24, 2.45) is 7.05 Å². The topological polar surface area (TPSA) is 43.8 Å². The Bertz CT molecular complexity index is 517. The molecule has 2 rings (SSSR count). The molecule has 0 aliphatic rings. The summed E-state index contributed by atoms with van der Waals surface area (Å²) in [5, 5.41) is 5.42. The van der Waals surface area contributed by atoms with E-state index in [1.54, 1.807) is 11.8 Å². The molecule has 0 fully saturated rings. The predicted molar refractivity (Wildman–Crippen MR) is 67.7 cm³/mol. The van der Waals surface area contributed by atoms with Crippen LogP contribution in [0.3, 0.4) is 0 Å². The summed E-state index contributed by atoms with van der Waals surface area (Å²) >= 11 is 1.65. The van der Waals surface area contributed by atoms with Gasteiger partial charge in [-0.2, -0.15) is 5.10 Å². The second kappa shape index (κ2) is 4.22. The van der Waals surface area contributed by atoms with Crippen molar-refractivity contribution in [3.63, 3.8) is 0 Å². The van der Waals surface area contributed by atoms with Gasteiger partial charge < -0.3 is 5.73 Å². The third-order valence-corrected chi connectivity index (χ3v) is 3.51. The number of nitrogen functional groups attached to an aromatic ring is 1. The van der Waals surface area contributed by atoms with Crippen LogP contribution in [0.4, 0.5) is 5.69 Å². The van der Waals surface area contributed by atoms with Crippen molar-refractivity contribution < 1.29 is 0 Å². The van der Waals surface area contributed by atoms with Crippen molar-refractivity contribution in [3.05, 3.63) is 35.5 Å². The summed E-state index contributed by atoms with van der Waals surface area (Å²) in [6, 6.07) is 8.13. The fourth-order valence-electron chi connectivity index (χ4n) is 1.53. The number of nitrogens with zero attached hydrogens (tertiary/aromatic N) is 2. The first-order valence-corrected chi connectivity index (χ1v) is 5.92. The summed E-state index contributed by atoms with van der Waals surface area (Å²) in [7, 11) is 1.95.